The molecule has 1 aromatic carbocycles. The number of aryl methyl sites for hydroxylation is 2. The van der Waals surface area contributed by atoms with Crippen LogP contribution in [0.15, 0.2) is 29.1 Å². The molecule has 1 N–H and O–H groups in total. The van der Waals surface area contributed by atoms with Crippen molar-refractivity contribution in [2.75, 3.05) is 13.7 Å². The minimum Gasteiger partial charge on any atom is -0.481 e. The Morgan fingerprint density at radius 3 is 2.61 bits per heavy atom. The van der Waals surface area contributed by atoms with E-state index in [0.29, 0.717) is 37.2 Å². The molecule has 7 heteroatoms. The van der Waals surface area contributed by atoms with E-state index in [-0.39, 0.29) is 12.0 Å². The van der Waals surface area contributed by atoms with Gasteiger partial charge in [0.05, 0.1) is 12.0 Å². The lowest BCUT2D eigenvalue weighted by Gasteiger charge is -2.12. The van der Waals surface area contributed by atoms with Gasteiger partial charge in [-0.3, -0.25) is 14.2 Å². The first-order valence-corrected chi connectivity index (χ1v) is 10.0. The van der Waals surface area contributed by atoms with Gasteiger partial charge in [0.25, 0.3) is 5.56 Å². The quantitative estimate of drug-likeness (QED) is 0.622. The number of aromatic nitrogens is 2. The van der Waals surface area contributed by atoms with E-state index in [0.717, 1.165) is 26.4 Å². The van der Waals surface area contributed by atoms with Crippen molar-refractivity contribution >= 4 is 27.5 Å². The Hall–Kier alpha value is -2.51. The molecule has 0 radical (unpaired) electrons. The molecule has 2 aromatic heterocycles. The molecule has 0 atom stereocenters. The van der Waals surface area contributed by atoms with Crippen molar-refractivity contribution in [3.8, 4) is 11.1 Å². The number of aliphatic carboxylic acids is 1. The number of rotatable bonds is 8. The molecular weight excluding hydrogens is 376 g/mol. The van der Waals surface area contributed by atoms with E-state index in [2.05, 4.69) is 0 Å². The van der Waals surface area contributed by atoms with Gasteiger partial charge in [-0.15, -0.1) is 11.3 Å². The molecular formula is C21H24N2O4S. The van der Waals surface area contributed by atoms with Gasteiger partial charge in [-0.25, -0.2) is 4.98 Å². The van der Waals surface area contributed by atoms with Crippen LogP contribution in [0.25, 0.3) is 21.3 Å². The molecule has 148 valence electrons. The molecule has 2 heterocycles. The van der Waals surface area contributed by atoms with Crippen molar-refractivity contribution in [2.24, 2.45) is 0 Å². The zero-order chi connectivity index (χ0) is 20.3. The largest absolute Gasteiger partial charge is 0.481 e. The fourth-order valence-electron chi connectivity index (χ4n) is 3.31. The van der Waals surface area contributed by atoms with Crippen LogP contribution in [0.2, 0.25) is 0 Å². The Bertz CT molecular complexity index is 1050. The van der Waals surface area contributed by atoms with Crippen LogP contribution < -0.4 is 5.56 Å². The first-order valence-electron chi connectivity index (χ1n) is 9.23. The van der Waals surface area contributed by atoms with Crippen LogP contribution in [0.3, 0.4) is 0 Å². The molecule has 0 saturated heterocycles. The Labute approximate surface area is 167 Å². The van der Waals surface area contributed by atoms with Gasteiger partial charge in [-0.05, 0) is 25.8 Å². The molecule has 0 saturated carbocycles. The maximum Gasteiger partial charge on any atom is 0.303 e. The number of nitrogens with zero attached hydrogens (tertiary/aromatic N) is 2. The number of hydrogen-bond donors (Lipinski definition) is 1. The zero-order valence-electron chi connectivity index (χ0n) is 16.3. The Kier molecular flexibility index (Phi) is 6.26. The van der Waals surface area contributed by atoms with E-state index in [1.807, 2.05) is 38.1 Å². The molecule has 3 rings (SSSR count). The Morgan fingerprint density at radius 1 is 1.25 bits per heavy atom. The SMILES string of the molecule is COCCc1nc2sc(C)c(-c3ccc(C)cc3)c2c(=O)n1CCCC(=O)O. The summed E-state index contributed by atoms with van der Waals surface area (Å²) in [4.78, 5) is 30.8. The topological polar surface area (TPSA) is 81.4 Å². The summed E-state index contributed by atoms with van der Waals surface area (Å²) in [5.74, 6) is -0.228. The maximum atomic E-state index is 13.4. The third-order valence-electron chi connectivity index (χ3n) is 4.71. The molecule has 28 heavy (non-hydrogen) atoms. The standard InChI is InChI=1S/C21H24N2O4S/c1-13-6-8-15(9-7-13)18-14(2)28-20-19(18)21(26)23(11-4-5-17(24)25)16(22-20)10-12-27-3/h6-9H,4-5,10-12H2,1-3H3,(H,24,25). The lowest BCUT2D eigenvalue weighted by atomic mass is 10.0. The number of carboxylic acid groups (broad SMARTS) is 1. The monoisotopic (exact) mass is 400 g/mol. The molecule has 0 bridgehead atoms. The lowest BCUT2D eigenvalue weighted by molar-refractivity contribution is -0.137. The average Bonchev–Trinajstić information content (AvgIpc) is 2.98. The molecule has 0 unspecified atom stereocenters. The normalized spacial score (nSPS) is 11.2. The van der Waals surface area contributed by atoms with Crippen molar-refractivity contribution in [1.29, 1.82) is 0 Å². The highest BCUT2D eigenvalue weighted by atomic mass is 32.1. The molecule has 0 aliphatic carbocycles. The molecule has 0 amide bonds. The summed E-state index contributed by atoms with van der Waals surface area (Å²) in [5, 5.41) is 9.55. The Balaban J connectivity index is 2.16. The number of carboxylic acids is 1. The first-order chi connectivity index (χ1) is 13.4. The zero-order valence-corrected chi connectivity index (χ0v) is 17.1. The third kappa shape index (κ3) is 4.15. The predicted octanol–water partition coefficient (Wildman–Crippen LogP) is 3.80. The fourth-order valence-corrected chi connectivity index (χ4v) is 4.36. The van der Waals surface area contributed by atoms with Gasteiger partial charge in [-0.1, -0.05) is 29.8 Å². The second-order valence-electron chi connectivity index (χ2n) is 6.80. The summed E-state index contributed by atoms with van der Waals surface area (Å²) >= 11 is 1.52. The summed E-state index contributed by atoms with van der Waals surface area (Å²) in [7, 11) is 1.61. The van der Waals surface area contributed by atoms with Crippen molar-refractivity contribution in [3.63, 3.8) is 0 Å². The van der Waals surface area contributed by atoms with Crippen LogP contribution in [-0.2, 0) is 22.5 Å². The highest BCUT2D eigenvalue weighted by Gasteiger charge is 2.19. The van der Waals surface area contributed by atoms with Gasteiger partial charge in [0.1, 0.15) is 10.7 Å². The number of thiophene rings is 1. The van der Waals surface area contributed by atoms with Gasteiger partial charge in [0.15, 0.2) is 0 Å². The summed E-state index contributed by atoms with van der Waals surface area (Å²) in [6.07, 6.45) is 0.901. The van der Waals surface area contributed by atoms with Crippen LogP contribution in [-0.4, -0.2) is 34.3 Å². The Morgan fingerprint density at radius 2 is 1.96 bits per heavy atom. The molecule has 0 fully saturated rings. The molecule has 0 spiro atoms. The summed E-state index contributed by atoms with van der Waals surface area (Å²) in [6, 6.07) is 8.11. The number of fused-ring (bicyclic) bond motifs is 1. The van der Waals surface area contributed by atoms with Crippen molar-refractivity contribution < 1.29 is 14.6 Å². The van der Waals surface area contributed by atoms with Crippen LogP contribution in [0.1, 0.15) is 29.1 Å². The van der Waals surface area contributed by atoms with E-state index in [9.17, 15) is 9.59 Å². The van der Waals surface area contributed by atoms with E-state index >= 15 is 0 Å². The average molecular weight is 401 g/mol. The number of carbonyl (C=O) groups is 1. The fraction of sp³-hybridized carbons (Fsp3) is 0.381. The van der Waals surface area contributed by atoms with Gasteiger partial charge in [0, 0.05) is 36.9 Å². The van der Waals surface area contributed by atoms with Crippen LogP contribution >= 0.6 is 11.3 Å². The smallest absolute Gasteiger partial charge is 0.303 e. The summed E-state index contributed by atoms with van der Waals surface area (Å²) < 4.78 is 6.78. The molecule has 0 aliphatic rings. The van der Waals surface area contributed by atoms with E-state index < -0.39 is 5.97 Å². The van der Waals surface area contributed by atoms with Crippen LogP contribution in [0, 0.1) is 13.8 Å². The molecule has 3 aromatic rings. The highest BCUT2D eigenvalue weighted by Crippen LogP contribution is 2.35. The summed E-state index contributed by atoms with van der Waals surface area (Å²) in [5.41, 5.74) is 2.96. The lowest BCUT2D eigenvalue weighted by Crippen LogP contribution is -2.26. The second kappa shape index (κ2) is 8.67. The highest BCUT2D eigenvalue weighted by molar-refractivity contribution is 7.19. The van der Waals surface area contributed by atoms with Crippen LogP contribution in [0.4, 0.5) is 0 Å². The van der Waals surface area contributed by atoms with E-state index in [1.165, 1.54) is 11.3 Å². The maximum absolute atomic E-state index is 13.4. The van der Waals surface area contributed by atoms with Gasteiger partial charge >= 0.3 is 5.97 Å². The third-order valence-corrected chi connectivity index (χ3v) is 5.71. The minimum absolute atomic E-state index is 0.0156. The van der Waals surface area contributed by atoms with Gasteiger partial charge in [0.2, 0.25) is 0 Å². The first kappa shape index (κ1) is 20.2. The van der Waals surface area contributed by atoms with Crippen molar-refractivity contribution in [2.45, 2.75) is 39.7 Å². The second-order valence-corrected chi connectivity index (χ2v) is 8.01. The van der Waals surface area contributed by atoms with Gasteiger partial charge < -0.3 is 9.84 Å². The van der Waals surface area contributed by atoms with Gasteiger partial charge in [-0.2, -0.15) is 0 Å². The number of hydrogen-bond acceptors (Lipinski definition) is 5. The van der Waals surface area contributed by atoms with Crippen molar-refractivity contribution in [3.05, 3.63) is 50.9 Å². The predicted molar refractivity (Wildman–Crippen MR) is 111 cm³/mol. The number of methoxy groups -OCH3 is 1. The van der Waals surface area contributed by atoms with E-state index in [4.69, 9.17) is 14.8 Å². The summed E-state index contributed by atoms with van der Waals surface area (Å²) in [6.45, 7) is 4.81. The minimum atomic E-state index is -0.868. The number of benzene rings is 1. The van der Waals surface area contributed by atoms with Crippen LogP contribution in [0.5, 0.6) is 0 Å². The van der Waals surface area contributed by atoms with E-state index in [1.54, 1.807) is 11.7 Å². The number of ether oxygens (including phenoxy) is 1. The molecule has 6 nitrogen and oxygen atoms in total. The van der Waals surface area contributed by atoms with Crippen molar-refractivity contribution in [1.82, 2.24) is 9.55 Å². The molecule has 0 aliphatic heterocycles.